The van der Waals surface area contributed by atoms with Crippen LogP contribution < -0.4 is 42.4 Å². The lowest BCUT2D eigenvalue weighted by molar-refractivity contribution is -0.148. The third-order valence-electron chi connectivity index (χ3n) is 14.8. The molecule has 0 radical (unpaired) electrons. The van der Waals surface area contributed by atoms with Gasteiger partial charge in [0, 0.05) is 88.6 Å². The van der Waals surface area contributed by atoms with Crippen molar-refractivity contribution in [2.75, 3.05) is 58.9 Å². The Balaban J connectivity index is 1.10. The molecule has 7 atom stereocenters. The number of H-pyrrole nitrogens is 1. The molecule has 4 aliphatic rings. The van der Waals surface area contributed by atoms with E-state index in [-0.39, 0.29) is 58.3 Å². The highest BCUT2D eigenvalue weighted by Gasteiger charge is 2.55. The molecule has 20 nitrogen and oxygen atoms in total. The Bertz CT molecular complexity index is 2950. The normalized spacial score (nSPS) is 24.3. The summed E-state index contributed by atoms with van der Waals surface area (Å²) in [7, 11) is 0. The van der Waals surface area contributed by atoms with Gasteiger partial charge >= 0.3 is 6.09 Å². The molecule has 418 valence electrons. The smallest absolute Gasteiger partial charge is 0.407 e. The molecule has 1 unspecified atom stereocenters. The Morgan fingerprint density at radius 3 is 2.06 bits per heavy atom. The number of amides is 7. The first-order chi connectivity index (χ1) is 38.2. The molecule has 4 aromatic carbocycles. The summed E-state index contributed by atoms with van der Waals surface area (Å²) in [5.74, 6) is -8.35. The molecule has 1 aromatic heterocycles. The summed E-state index contributed by atoms with van der Waals surface area (Å²) in [6.45, 7) is 0.866. The van der Waals surface area contributed by atoms with Gasteiger partial charge in [-0.25, -0.2) is 13.6 Å². The highest BCUT2D eigenvalue weighted by atomic mass is 19.3. The molecule has 4 fully saturated rings. The molecule has 4 aliphatic heterocycles. The summed E-state index contributed by atoms with van der Waals surface area (Å²) in [5.41, 5.74) is 9.27. The fourth-order valence-corrected chi connectivity index (χ4v) is 10.7. The lowest BCUT2D eigenvalue weighted by Gasteiger charge is -2.34. The van der Waals surface area contributed by atoms with Crippen LogP contribution in [-0.4, -0.2) is 168 Å². The topological polar surface area (TPSA) is 262 Å². The molecule has 9 N–H and O–H groups in total. The van der Waals surface area contributed by atoms with Crippen molar-refractivity contribution in [1.82, 2.24) is 51.6 Å². The van der Waals surface area contributed by atoms with E-state index < -0.39 is 109 Å². The van der Waals surface area contributed by atoms with Gasteiger partial charge in [0.25, 0.3) is 5.92 Å². The molecule has 22 heteroatoms. The number of nitrogens with zero attached hydrogens (tertiary/aromatic N) is 3. The van der Waals surface area contributed by atoms with Gasteiger partial charge in [0.05, 0.1) is 13.1 Å². The number of aromatic nitrogens is 1. The molecular weight excluding hydrogens is 1020 g/mol. The Morgan fingerprint density at radius 1 is 0.684 bits per heavy atom. The van der Waals surface area contributed by atoms with E-state index in [2.05, 4.69) is 36.9 Å². The molecule has 0 aliphatic carbocycles. The second-order valence-electron chi connectivity index (χ2n) is 20.5. The van der Waals surface area contributed by atoms with Crippen LogP contribution in [-0.2, 0) is 59.4 Å². The SMILES string of the molecule is NCCNC(=O)OC1C[C@H]2C(=O)N[C@@H](CCc3ccccc3)C(=O)N[C@H](Cc3c[nH]c4ccccc34)C(=O)N[C@@H](CN3CCNCC3)C(=O)N[C@@H](Cc3ccc(OCc4ccccc4)cc3)C(=O)N3CC(F)(F)C[C@H]3C(=O)N2C1. The second-order valence-corrected chi connectivity index (χ2v) is 20.5. The fourth-order valence-electron chi connectivity index (χ4n) is 10.7. The quantitative estimate of drug-likeness (QED) is 0.0749. The molecule has 79 heavy (non-hydrogen) atoms. The molecule has 5 heterocycles. The molecule has 7 amide bonds. The highest BCUT2D eigenvalue weighted by Crippen LogP contribution is 2.36. The number of ether oxygens (including phenoxy) is 2. The summed E-state index contributed by atoms with van der Waals surface area (Å²) in [6.07, 6.45) is -1.79. The lowest BCUT2D eigenvalue weighted by Crippen LogP contribution is -2.63. The molecular formula is C57H67F2N11O9. The number of hydrogen-bond acceptors (Lipinski definition) is 12. The summed E-state index contributed by atoms with van der Waals surface area (Å²) in [5, 5.41) is 17.9. The Kier molecular flexibility index (Phi) is 18.1. The molecule has 0 saturated carbocycles. The second kappa shape index (κ2) is 25.7. The van der Waals surface area contributed by atoms with E-state index in [0.717, 1.165) is 31.8 Å². The number of carbonyl (C=O) groups excluding carboxylic acids is 7. The molecule has 4 saturated heterocycles. The number of halogens is 2. The average molecular weight is 1090 g/mol. The van der Waals surface area contributed by atoms with Crippen LogP contribution in [0.2, 0.25) is 0 Å². The van der Waals surface area contributed by atoms with E-state index in [1.807, 2.05) is 89.8 Å². The predicted octanol–water partition coefficient (Wildman–Crippen LogP) is 1.91. The van der Waals surface area contributed by atoms with Crippen molar-refractivity contribution < 1.29 is 51.8 Å². The van der Waals surface area contributed by atoms with Gasteiger partial charge in [-0.05, 0) is 53.3 Å². The van der Waals surface area contributed by atoms with Crippen LogP contribution in [0, 0.1) is 0 Å². The third-order valence-corrected chi connectivity index (χ3v) is 14.8. The van der Waals surface area contributed by atoms with Gasteiger partial charge in [-0.15, -0.1) is 0 Å². The third kappa shape index (κ3) is 14.4. The number of aromatic amines is 1. The number of alkyl carbamates (subject to hydrolysis) is 1. The number of para-hydroxylation sites is 1. The standard InChI is InChI=1S/C57H67F2N11O9/c58-57(59)30-49-55(76)69-32-41(79-56(77)62-22-21-60)29-48(69)53(74)64-44(20-17-36-9-3-1-4-10-36)50(71)65-45(28-39-31-63-43-14-8-7-13-42(39)43)51(72)67-47(33-68-25-23-61-24-26-68)52(73)66-46(54(75)70(49)35-57)27-37-15-18-40(19-16-37)78-34-38-11-5-2-6-12-38/h1-16,18-19,31,41,44-49,61,63H,17,20-30,32-35,60H2,(H,62,77)(H,64,74)(H,65,71)(H,66,73)(H,67,72)/t41?,44-,45+,46-,47-,48-,49-/m0/s1. The summed E-state index contributed by atoms with van der Waals surface area (Å²) < 4.78 is 43.7. The van der Waals surface area contributed by atoms with Gasteiger partial charge in [0.1, 0.15) is 54.7 Å². The van der Waals surface area contributed by atoms with Crippen molar-refractivity contribution >= 4 is 52.4 Å². The van der Waals surface area contributed by atoms with Crippen LogP contribution in [0.3, 0.4) is 0 Å². The van der Waals surface area contributed by atoms with Gasteiger partial charge in [-0.3, -0.25) is 33.7 Å². The number of rotatable bonds is 15. The van der Waals surface area contributed by atoms with E-state index in [4.69, 9.17) is 15.2 Å². The average Bonchev–Trinajstić information content (AvgIpc) is 4.39. The number of carbonyl (C=O) groups is 7. The number of aryl methyl sites for hydroxylation is 1. The van der Waals surface area contributed by atoms with Crippen LogP contribution in [0.15, 0.2) is 115 Å². The molecule has 5 aromatic rings. The van der Waals surface area contributed by atoms with E-state index in [1.54, 1.807) is 30.5 Å². The fraction of sp³-hybridized carbons (Fsp3) is 0.421. The Hall–Kier alpha value is -7.95. The number of alkyl halides is 2. The van der Waals surface area contributed by atoms with Gasteiger partial charge in [0.2, 0.25) is 35.4 Å². The molecule has 0 bridgehead atoms. The minimum atomic E-state index is -3.60. The maximum Gasteiger partial charge on any atom is 0.407 e. The van der Waals surface area contributed by atoms with Crippen LogP contribution in [0.1, 0.15) is 41.5 Å². The van der Waals surface area contributed by atoms with Crippen LogP contribution in [0.25, 0.3) is 10.9 Å². The monoisotopic (exact) mass is 1090 g/mol. The van der Waals surface area contributed by atoms with Gasteiger partial charge in [-0.2, -0.15) is 0 Å². The molecule has 0 spiro atoms. The van der Waals surface area contributed by atoms with E-state index >= 15 is 28.0 Å². The number of nitrogens with one attached hydrogen (secondary N) is 7. The number of benzene rings is 4. The van der Waals surface area contributed by atoms with Gasteiger partial charge < -0.3 is 61.9 Å². The van der Waals surface area contributed by atoms with Crippen LogP contribution >= 0.6 is 0 Å². The van der Waals surface area contributed by atoms with E-state index in [1.165, 1.54) is 0 Å². The molecule has 9 rings (SSSR count). The van der Waals surface area contributed by atoms with Crippen LogP contribution in [0.4, 0.5) is 13.6 Å². The summed E-state index contributed by atoms with van der Waals surface area (Å²) >= 11 is 0. The minimum Gasteiger partial charge on any atom is -0.489 e. The minimum absolute atomic E-state index is 0.00107. The van der Waals surface area contributed by atoms with Crippen molar-refractivity contribution in [2.24, 2.45) is 5.73 Å². The Labute approximate surface area is 455 Å². The lowest BCUT2D eigenvalue weighted by atomic mass is 10.0. The highest BCUT2D eigenvalue weighted by molar-refractivity contribution is 5.99. The van der Waals surface area contributed by atoms with Crippen molar-refractivity contribution in [3.63, 3.8) is 0 Å². The summed E-state index contributed by atoms with van der Waals surface area (Å²) in [4.78, 5) is 110. The van der Waals surface area contributed by atoms with Gasteiger partial charge in [-0.1, -0.05) is 91.0 Å². The van der Waals surface area contributed by atoms with Crippen molar-refractivity contribution in [1.29, 1.82) is 0 Å². The van der Waals surface area contributed by atoms with Crippen LogP contribution in [0.5, 0.6) is 5.75 Å². The zero-order valence-electron chi connectivity index (χ0n) is 43.7. The van der Waals surface area contributed by atoms with E-state index in [0.29, 0.717) is 43.1 Å². The van der Waals surface area contributed by atoms with Crippen molar-refractivity contribution in [2.45, 2.75) is 93.4 Å². The first kappa shape index (κ1) is 55.8. The number of piperazine rings is 1. The number of fused-ring (bicyclic) bond motifs is 3. The first-order valence-corrected chi connectivity index (χ1v) is 26.8. The first-order valence-electron chi connectivity index (χ1n) is 26.8. The predicted molar refractivity (Wildman–Crippen MR) is 287 cm³/mol. The maximum absolute atomic E-state index is 16.0. The number of nitrogens with two attached hydrogens (primary N) is 1. The zero-order chi connectivity index (χ0) is 55.5. The van der Waals surface area contributed by atoms with Gasteiger partial charge in [0.15, 0.2) is 0 Å². The van der Waals surface area contributed by atoms with Crippen molar-refractivity contribution in [3.05, 3.63) is 138 Å². The number of hydrogen-bond donors (Lipinski definition) is 8. The maximum atomic E-state index is 16.0. The Morgan fingerprint density at radius 2 is 1.33 bits per heavy atom. The zero-order valence-corrected chi connectivity index (χ0v) is 43.7. The largest absolute Gasteiger partial charge is 0.489 e. The van der Waals surface area contributed by atoms with E-state index in [9.17, 15) is 14.4 Å². The van der Waals surface area contributed by atoms with Crippen molar-refractivity contribution in [3.8, 4) is 5.75 Å². The summed E-state index contributed by atoms with van der Waals surface area (Å²) in [6, 6.07) is 23.8.